The lowest BCUT2D eigenvalue weighted by Gasteiger charge is -2.27. The van der Waals surface area contributed by atoms with E-state index in [1.165, 1.54) is 6.33 Å². The number of nitrogens with zero attached hydrogens (tertiary/aromatic N) is 6. The zero-order chi connectivity index (χ0) is 19.1. The molecule has 0 aliphatic carbocycles. The fourth-order valence-electron chi connectivity index (χ4n) is 3.79. The minimum absolute atomic E-state index is 0.0977. The smallest absolute Gasteiger partial charge is 0.255 e. The van der Waals surface area contributed by atoms with Gasteiger partial charge in [-0.3, -0.25) is 14.4 Å². The molecule has 0 spiro atoms. The van der Waals surface area contributed by atoms with Crippen molar-refractivity contribution < 1.29 is 0 Å². The summed E-state index contributed by atoms with van der Waals surface area (Å²) in [6.45, 7) is 2.10. The molecule has 5 rings (SSSR count). The van der Waals surface area contributed by atoms with Crippen molar-refractivity contribution in [1.29, 1.82) is 0 Å². The normalized spacial score (nSPS) is 14.3. The van der Waals surface area contributed by atoms with Crippen molar-refractivity contribution in [1.82, 2.24) is 34.6 Å². The summed E-state index contributed by atoms with van der Waals surface area (Å²) in [4.78, 5) is 30.5. The molecule has 0 radical (unpaired) electrons. The summed E-state index contributed by atoms with van der Waals surface area (Å²) in [5.74, 6) is 0.522. The van der Waals surface area contributed by atoms with Crippen LogP contribution in [0, 0.1) is 0 Å². The highest BCUT2D eigenvalue weighted by Gasteiger charge is 2.23. The van der Waals surface area contributed by atoms with Gasteiger partial charge in [-0.1, -0.05) is 18.2 Å². The number of aromatic nitrogens is 6. The quantitative estimate of drug-likeness (QED) is 0.587. The number of aryl methyl sites for hydroxylation is 1. The van der Waals surface area contributed by atoms with Crippen LogP contribution in [0.2, 0.25) is 0 Å². The largest absolute Gasteiger partial charge is 0.306 e. The molecule has 140 valence electrons. The number of rotatable bonds is 3. The molecular weight excluding hydrogens is 354 g/mol. The predicted octanol–water partition coefficient (Wildman–Crippen LogP) is 1.67. The van der Waals surface area contributed by atoms with E-state index in [-0.39, 0.29) is 5.56 Å². The minimum Gasteiger partial charge on any atom is -0.306 e. The maximum absolute atomic E-state index is 12.7. The highest BCUT2D eigenvalue weighted by Crippen LogP contribution is 2.22. The lowest BCUT2D eigenvalue weighted by molar-refractivity contribution is 0.239. The van der Waals surface area contributed by atoms with Crippen molar-refractivity contribution in [3.63, 3.8) is 0 Å². The van der Waals surface area contributed by atoms with Crippen LogP contribution in [0.15, 0.2) is 47.8 Å². The first-order valence-corrected chi connectivity index (χ1v) is 9.19. The molecule has 4 aromatic rings. The fraction of sp³-hybridized carbons (Fsp3) is 0.250. The van der Waals surface area contributed by atoms with E-state index in [0.29, 0.717) is 24.5 Å². The van der Waals surface area contributed by atoms with Gasteiger partial charge in [-0.25, -0.2) is 15.0 Å². The fourth-order valence-corrected chi connectivity index (χ4v) is 3.79. The molecule has 28 heavy (non-hydrogen) atoms. The van der Waals surface area contributed by atoms with Crippen LogP contribution in [0.4, 0.5) is 0 Å². The maximum atomic E-state index is 12.7. The molecule has 0 saturated carbocycles. The first-order valence-electron chi connectivity index (χ1n) is 9.19. The van der Waals surface area contributed by atoms with Crippen molar-refractivity contribution in [3.05, 3.63) is 70.3 Å². The molecule has 8 heteroatoms. The van der Waals surface area contributed by atoms with Gasteiger partial charge in [-0.05, 0) is 6.07 Å². The van der Waals surface area contributed by atoms with Crippen LogP contribution in [0.1, 0.15) is 17.0 Å². The molecule has 0 bridgehead atoms. The van der Waals surface area contributed by atoms with E-state index in [0.717, 1.165) is 40.8 Å². The van der Waals surface area contributed by atoms with Gasteiger partial charge in [0.2, 0.25) is 0 Å². The molecule has 0 atom stereocenters. The Morgan fingerprint density at radius 1 is 1.18 bits per heavy atom. The first-order chi connectivity index (χ1) is 13.7. The molecule has 0 saturated heterocycles. The molecule has 4 heterocycles. The summed E-state index contributed by atoms with van der Waals surface area (Å²) < 4.78 is 1.91. The average molecular weight is 373 g/mol. The standard InChI is InChI=1S/C20H19N7O/c1-26-18-5-3-2-4-14(18)17(25-26)11-27-7-6-16-15(10-27)20(28)24-19(23-16)13-8-21-12-22-9-13/h2-5,8-9,12H,6-7,10-11H2,1H3,(H,23,24,28). The summed E-state index contributed by atoms with van der Waals surface area (Å²) in [6.07, 6.45) is 5.49. The highest BCUT2D eigenvalue weighted by molar-refractivity contribution is 5.81. The number of H-pyrrole nitrogens is 1. The Kier molecular flexibility index (Phi) is 3.98. The zero-order valence-corrected chi connectivity index (χ0v) is 15.5. The summed E-state index contributed by atoms with van der Waals surface area (Å²) in [5, 5.41) is 5.83. The molecular formula is C20H19N7O. The van der Waals surface area contributed by atoms with E-state index in [1.54, 1.807) is 12.4 Å². The second-order valence-electron chi connectivity index (χ2n) is 7.02. The van der Waals surface area contributed by atoms with Gasteiger partial charge in [-0.2, -0.15) is 5.10 Å². The van der Waals surface area contributed by atoms with Gasteiger partial charge >= 0.3 is 0 Å². The Balaban J connectivity index is 1.43. The third-order valence-electron chi connectivity index (χ3n) is 5.19. The van der Waals surface area contributed by atoms with Crippen LogP contribution in [-0.4, -0.2) is 41.2 Å². The van der Waals surface area contributed by atoms with Crippen molar-refractivity contribution >= 4 is 10.9 Å². The molecule has 1 aliphatic rings. The Labute approximate surface area is 160 Å². The Morgan fingerprint density at radius 3 is 2.86 bits per heavy atom. The van der Waals surface area contributed by atoms with E-state index < -0.39 is 0 Å². The van der Waals surface area contributed by atoms with Crippen molar-refractivity contribution in [2.45, 2.75) is 19.5 Å². The summed E-state index contributed by atoms with van der Waals surface area (Å²) in [5.41, 5.74) is 4.34. The molecule has 8 nitrogen and oxygen atoms in total. The SMILES string of the molecule is Cn1nc(CN2CCc3nc(-c4cncnc4)[nH]c(=O)c3C2)c2ccccc21. The Hall–Kier alpha value is -3.39. The molecule has 0 unspecified atom stereocenters. The third kappa shape index (κ3) is 2.87. The first kappa shape index (κ1) is 16.8. The average Bonchev–Trinajstić information content (AvgIpc) is 3.05. The van der Waals surface area contributed by atoms with E-state index in [1.807, 2.05) is 23.9 Å². The number of fused-ring (bicyclic) bond motifs is 2. The second kappa shape index (κ2) is 6.65. The minimum atomic E-state index is -0.0977. The lowest BCUT2D eigenvalue weighted by atomic mass is 10.1. The lowest BCUT2D eigenvalue weighted by Crippen LogP contribution is -2.35. The Bertz CT molecular complexity index is 1210. The molecule has 0 fully saturated rings. The Morgan fingerprint density at radius 2 is 2.00 bits per heavy atom. The van der Waals surface area contributed by atoms with Crippen molar-refractivity contribution in [2.75, 3.05) is 6.54 Å². The number of hydrogen-bond acceptors (Lipinski definition) is 6. The number of aromatic amines is 1. The highest BCUT2D eigenvalue weighted by atomic mass is 16.1. The number of nitrogens with one attached hydrogen (secondary N) is 1. The van der Waals surface area contributed by atoms with E-state index in [2.05, 4.69) is 42.1 Å². The molecule has 3 aromatic heterocycles. The van der Waals surface area contributed by atoms with Crippen LogP contribution < -0.4 is 5.56 Å². The summed E-state index contributed by atoms with van der Waals surface area (Å²) in [7, 11) is 1.96. The second-order valence-corrected chi connectivity index (χ2v) is 7.02. The van der Waals surface area contributed by atoms with E-state index in [4.69, 9.17) is 0 Å². The van der Waals surface area contributed by atoms with Crippen molar-refractivity contribution in [3.8, 4) is 11.4 Å². The molecule has 0 amide bonds. The topological polar surface area (TPSA) is 92.6 Å². The molecule has 1 aliphatic heterocycles. The van der Waals surface area contributed by atoms with Gasteiger partial charge in [0, 0.05) is 50.9 Å². The number of benzene rings is 1. The van der Waals surface area contributed by atoms with Gasteiger partial charge in [-0.15, -0.1) is 0 Å². The predicted molar refractivity (Wildman–Crippen MR) is 104 cm³/mol. The van der Waals surface area contributed by atoms with Gasteiger partial charge in [0.05, 0.1) is 28.0 Å². The van der Waals surface area contributed by atoms with Crippen LogP contribution in [-0.2, 0) is 26.6 Å². The summed E-state index contributed by atoms with van der Waals surface area (Å²) >= 11 is 0. The maximum Gasteiger partial charge on any atom is 0.255 e. The van der Waals surface area contributed by atoms with E-state index in [9.17, 15) is 4.79 Å². The van der Waals surface area contributed by atoms with Crippen LogP contribution >= 0.6 is 0 Å². The van der Waals surface area contributed by atoms with Crippen LogP contribution in [0.25, 0.3) is 22.3 Å². The molecule has 1 aromatic carbocycles. The summed E-state index contributed by atoms with van der Waals surface area (Å²) in [6, 6.07) is 8.22. The van der Waals surface area contributed by atoms with Gasteiger partial charge in [0.15, 0.2) is 0 Å². The van der Waals surface area contributed by atoms with E-state index >= 15 is 0 Å². The zero-order valence-electron chi connectivity index (χ0n) is 15.5. The number of para-hydroxylation sites is 1. The monoisotopic (exact) mass is 373 g/mol. The van der Waals surface area contributed by atoms with Gasteiger partial charge in [0.25, 0.3) is 5.56 Å². The van der Waals surface area contributed by atoms with Crippen LogP contribution in [0.5, 0.6) is 0 Å². The van der Waals surface area contributed by atoms with Crippen molar-refractivity contribution in [2.24, 2.45) is 7.05 Å². The number of hydrogen-bond donors (Lipinski definition) is 1. The van der Waals surface area contributed by atoms with Gasteiger partial charge in [0.1, 0.15) is 12.2 Å². The van der Waals surface area contributed by atoms with Gasteiger partial charge < -0.3 is 4.98 Å². The van der Waals surface area contributed by atoms with Crippen LogP contribution in [0.3, 0.4) is 0 Å². The molecule has 1 N–H and O–H groups in total. The third-order valence-corrected chi connectivity index (χ3v) is 5.19.